The number of carbonyl (C=O) groups is 2. The van der Waals surface area contributed by atoms with Crippen LogP contribution in [-0.2, 0) is 16.0 Å². The Hall–Kier alpha value is -2.81. The number of hydrogen-bond donors (Lipinski definition) is 3. The van der Waals surface area contributed by atoms with Crippen LogP contribution in [0.4, 0.5) is 5.13 Å². The first kappa shape index (κ1) is 19.5. The monoisotopic (exact) mass is 375 g/mol. The minimum Gasteiger partial charge on any atom is -0.508 e. The molecule has 0 radical (unpaired) electrons. The topological polar surface area (TPSA) is 117 Å². The molecule has 0 spiro atoms. The number of nitrogens with one attached hydrogen (secondary N) is 2. The van der Waals surface area contributed by atoms with E-state index >= 15 is 0 Å². The van der Waals surface area contributed by atoms with Gasteiger partial charge in [-0.1, -0.05) is 31.1 Å². The molecule has 138 valence electrons. The zero-order valence-electron chi connectivity index (χ0n) is 14.4. The standard InChI is InChI=1S/C17H21N5O3S/c1-2-3-4-5-14(24)19-17-22-21-16(26-17)10-15(25)20-18-11-12-6-8-13(23)9-7-12/h6-9,11,23H,2-5,10H2,1H3,(H,20,25)(H,19,22,24)/b18-11-. The molecule has 26 heavy (non-hydrogen) atoms. The predicted octanol–water partition coefficient (Wildman–Crippen LogP) is 2.46. The first-order chi connectivity index (χ1) is 12.6. The minimum absolute atomic E-state index is 0.0241. The van der Waals surface area contributed by atoms with Gasteiger partial charge in [0.15, 0.2) is 0 Å². The van der Waals surface area contributed by atoms with Crippen molar-refractivity contribution < 1.29 is 14.7 Å². The van der Waals surface area contributed by atoms with Gasteiger partial charge < -0.3 is 10.4 Å². The molecule has 0 aliphatic heterocycles. The maximum atomic E-state index is 11.8. The number of anilines is 1. The third kappa shape index (κ3) is 6.98. The number of aromatic hydroxyl groups is 1. The number of amides is 2. The third-order valence-corrected chi connectivity index (χ3v) is 4.17. The summed E-state index contributed by atoms with van der Waals surface area (Å²) in [4.78, 5) is 23.6. The van der Waals surface area contributed by atoms with Crippen molar-refractivity contribution in [2.24, 2.45) is 5.10 Å². The maximum absolute atomic E-state index is 11.8. The highest BCUT2D eigenvalue weighted by molar-refractivity contribution is 7.15. The van der Waals surface area contributed by atoms with Crippen LogP contribution in [0.25, 0.3) is 0 Å². The number of phenolic OH excluding ortho intramolecular Hbond substituents is 1. The van der Waals surface area contributed by atoms with Gasteiger partial charge in [-0.3, -0.25) is 9.59 Å². The summed E-state index contributed by atoms with van der Waals surface area (Å²) in [6.07, 6.45) is 4.86. The van der Waals surface area contributed by atoms with Crippen molar-refractivity contribution in [2.45, 2.75) is 39.0 Å². The highest BCUT2D eigenvalue weighted by Crippen LogP contribution is 2.16. The molecule has 2 amide bonds. The summed E-state index contributed by atoms with van der Waals surface area (Å²) in [6.45, 7) is 2.08. The van der Waals surface area contributed by atoms with Crippen LogP contribution in [0.3, 0.4) is 0 Å². The number of nitrogens with zero attached hydrogens (tertiary/aromatic N) is 3. The van der Waals surface area contributed by atoms with E-state index in [9.17, 15) is 14.7 Å². The molecular weight excluding hydrogens is 354 g/mol. The second-order valence-corrected chi connectivity index (χ2v) is 6.63. The van der Waals surface area contributed by atoms with Crippen molar-refractivity contribution in [2.75, 3.05) is 5.32 Å². The molecule has 3 N–H and O–H groups in total. The number of carbonyl (C=O) groups excluding carboxylic acids is 2. The Balaban J connectivity index is 1.76. The molecule has 0 fully saturated rings. The third-order valence-electron chi connectivity index (χ3n) is 3.33. The largest absolute Gasteiger partial charge is 0.508 e. The van der Waals surface area contributed by atoms with Crippen molar-refractivity contribution in [1.29, 1.82) is 0 Å². The van der Waals surface area contributed by atoms with Gasteiger partial charge in [-0.2, -0.15) is 5.10 Å². The van der Waals surface area contributed by atoms with Gasteiger partial charge in [0.25, 0.3) is 0 Å². The molecule has 2 aromatic rings. The molecule has 0 saturated heterocycles. The summed E-state index contributed by atoms with van der Waals surface area (Å²) in [5, 5.41) is 24.4. The fraction of sp³-hybridized carbons (Fsp3) is 0.353. The van der Waals surface area contributed by atoms with Crippen LogP contribution in [0, 0.1) is 0 Å². The smallest absolute Gasteiger partial charge is 0.247 e. The Labute approximate surface area is 155 Å². The fourth-order valence-electron chi connectivity index (χ4n) is 2.01. The van der Waals surface area contributed by atoms with Gasteiger partial charge in [-0.05, 0) is 36.2 Å². The van der Waals surface area contributed by atoms with Crippen LogP contribution in [0.2, 0.25) is 0 Å². The molecule has 0 aliphatic carbocycles. The summed E-state index contributed by atoms with van der Waals surface area (Å²) >= 11 is 1.17. The zero-order chi connectivity index (χ0) is 18.8. The number of rotatable bonds is 9. The molecular formula is C17H21N5O3S. The molecule has 8 nitrogen and oxygen atoms in total. The molecule has 1 aromatic heterocycles. The Morgan fingerprint density at radius 2 is 1.96 bits per heavy atom. The first-order valence-corrected chi connectivity index (χ1v) is 9.11. The van der Waals surface area contributed by atoms with E-state index in [0.717, 1.165) is 24.8 Å². The van der Waals surface area contributed by atoms with E-state index in [1.165, 1.54) is 29.7 Å². The van der Waals surface area contributed by atoms with E-state index in [1.54, 1.807) is 12.1 Å². The van der Waals surface area contributed by atoms with Crippen LogP contribution in [0.1, 0.15) is 43.2 Å². The maximum Gasteiger partial charge on any atom is 0.247 e. The number of hydrazone groups is 1. The van der Waals surface area contributed by atoms with Crippen LogP contribution < -0.4 is 10.7 Å². The van der Waals surface area contributed by atoms with Gasteiger partial charge in [0.05, 0.1) is 12.6 Å². The number of unbranched alkanes of at least 4 members (excludes halogenated alkanes) is 2. The molecule has 0 unspecified atom stereocenters. The lowest BCUT2D eigenvalue weighted by Crippen LogP contribution is -2.19. The second-order valence-electron chi connectivity index (χ2n) is 5.57. The van der Waals surface area contributed by atoms with Crippen molar-refractivity contribution in [3.05, 3.63) is 34.8 Å². The van der Waals surface area contributed by atoms with Gasteiger partial charge in [0, 0.05) is 6.42 Å². The minimum atomic E-state index is -0.336. The lowest BCUT2D eigenvalue weighted by molar-refractivity contribution is -0.120. The summed E-state index contributed by atoms with van der Waals surface area (Å²) in [5.74, 6) is -0.267. The van der Waals surface area contributed by atoms with E-state index in [4.69, 9.17) is 0 Å². The molecule has 2 rings (SSSR count). The summed E-state index contributed by atoms with van der Waals surface area (Å²) in [7, 11) is 0. The highest BCUT2D eigenvalue weighted by atomic mass is 32.1. The molecule has 0 aliphatic rings. The second kappa shape index (κ2) is 10.2. The molecule has 1 aromatic carbocycles. The number of benzene rings is 1. The van der Waals surface area contributed by atoms with Gasteiger partial charge in [0.1, 0.15) is 10.8 Å². The number of aromatic nitrogens is 2. The van der Waals surface area contributed by atoms with E-state index in [0.29, 0.717) is 16.6 Å². The van der Waals surface area contributed by atoms with Crippen molar-refractivity contribution in [3.63, 3.8) is 0 Å². The van der Waals surface area contributed by atoms with Crippen molar-refractivity contribution in [1.82, 2.24) is 15.6 Å². The van der Waals surface area contributed by atoms with Crippen molar-refractivity contribution >= 4 is 34.5 Å². The van der Waals surface area contributed by atoms with Gasteiger partial charge in [-0.15, -0.1) is 10.2 Å². The molecule has 0 atom stereocenters. The zero-order valence-corrected chi connectivity index (χ0v) is 15.3. The van der Waals surface area contributed by atoms with Gasteiger partial charge in [-0.25, -0.2) is 5.43 Å². The predicted molar refractivity (Wildman–Crippen MR) is 100 cm³/mol. The van der Waals surface area contributed by atoms with Gasteiger partial charge >= 0.3 is 0 Å². The lowest BCUT2D eigenvalue weighted by Gasteiger charge is -1.99. The quantitative estimate of drug-likeness (QED) is 0.354. The van der Waals surface area contributed by atoms with E-state index in [1.807, 2.05) is 0 Å². The Morgan fingerprint density at radius 1 is 1.19 bits per heavy atom. The molecule has 0 saturated carbocycles. The van der Waals surface area contributed by atoms with Crippen LogP contribution in [-0.4, -0.2) is 33.3 Å². The lowest BCUT2D eigenvalue weighted by atomic mass is 10.2. The molecule has 9 heteroatoms. The summed E-state index contributed by atoms with van der Waals surface area (Å²) in [6, 6.07) is 6.40. The normalized spacial score (nSPS) is 10.8. The van der Waals surface area contributed by atoms with Crippen LogP contribution in [0.15, 0.2) is 29.4 Å². The SMILES string of the molecule is CCCCCC(=O)Nc1nnc(CC(=O)N/N=C\c2ccc(O)cc2)s1. The van der Waals surface area contributed by atoms with E-state index in [-0.39, 0.29) is 24.0 Å². The molecule has 0 bridgehead atoms. The average Bonchev–Trinajstić information content (AvgIpc) is 3.03. The first-order valence-electron chi connectivity index (χ1n) is 8.30. The Morgan fingerprint density at radius 3 is 2.69 bits per heavy atom. The number of hydrogen-bond acceptors (Lipinski definition) is 7. The van der Waals surface area contributed by atoms with E-state index in [2.05, 4.69) is 33.0 Å². The van der Waals surface area contributed by atoms with E-state index < -0.39 is 0 Å². The average molecular weight is 375 g/mol. The summed E-state index contributed by atoms with van der Waals surface area (Å²) in [5.41, 5.74) is 3.14. The van der Waals surface area contributed by atoms with Crippen molar-refractivity contribution in [3.8, 4) is 5.75 Å². The van der Waals surface area contributed by atoms with Crippen LogP contribution >= 0.6 is 11.3 Å². The summed E-state index contributed by atoms with van der Waals surface area (Å²) < 4.78 is 0. The van der Waals surface area contributed by atoms with Crippen LogP contribution in [0.5, 0.6) is 5.75 Å². The Kier molecular flexibility index (Phi) is 7.69. The fourth-order valence-corrected chi connectivity index (χ4v) is 2.76. The van der Waals surface area contributed by atoms with Gasteiger partial charge in [0.2, 0.25) is 16.9 Å². The highest BCUT2D eigenvalue weighted by Gasteiger charge is 2.11. The number of phenols is 1. The Bertz CT molecular complexity index is 758. The molecule has 1 heterocycles.